The van der Waals surface area contributed by atoms with E-state index in [2.05, 4.69) is 5.10 Å². The van der Waals surface area contributed by atoms with Gasteiger partial charge >= 0.3 is 0 Å². The number of rotatable bonds is 6. The van der Waals surface area contributed by atoms with Crippen molar-refractivity contribution in [1.82, 2.24) is 14.7 Å². The second kappa shape index (κ2) is 8.19. The van der Waals surface area contributed by atoms with Crippen molar-refractivity contribution >= 4 is 17.5 Å². The summed E-state index contributed by atoms with van der Waals surface area (Å²) in [6, 6.07) is 17.6. The highest BCUT2D eigenvalue weighted by Crippen LogP contribution is 2.21. The number of aromatic nitrogens is 2. The fraction of sp³-hybridized carbons (Fsp3) is 0.238. The summed E-state index contributed by atoms with van der Waals surface area (Å²) in [5.41, 5.74) is 3.13. The highest BCUT2D eigenvalue weighted by Gasteiger charge is 2.17. The van der Waals surface area contributed by atoms with E-state index in [0.717, 1.165) is 16.8 Å². The summed E-state index contributed by atoms with van der Waals surface area (Å²) in [6.07, 6.45) is 4.92. The van der Waals surface area contributed by atoms with E-state index < -0.39 is 0 Å². The number of aryl methyl sites for hydroxylation is 1. The van der Waals surface area contributed by atoms with Crippen LogP contribution in [0.4, 0.5) is 0 Å². The number of carbonyl (C=O) groups excluding carboxylic acids is 1. The van der Waals surface area contributed by atoms with Crippen molar-refractivity contribution in [1.29, 1.82) is 0 Å². The molecule has 0 saturated heterocycles. The van der Waals surface area contributed by atoms with E-state index >= 15 is 0 Å². The van der Waals surface area contributed by atoms with Gasteiger partial charge in [-0.25, -0.2) is 4.68 Å². The quantitative estimate of drug-likeness (QED) is 0.634. The number of benzene rings is 2. The highest BCUT2D eigenvalue weighted by atomic mass is 35.5. The summed E-state index contributed by atoms with van der Waals surface area (Å²) in [7, 11) is 1.84. The third-order valence-electron chi connectivity index (χ3n) is 4.61. The number of hydrogen-bond donors (Lipinski definition) is 0. The molecule has 0 spiro atoms. The first-order chi connectivity index (χ1) is 12.5. The fourth-order valence-electron chi connectivity index (χ4n) is 2.82. The van der Waals surface area contributed by atoms with E-state index in [9.17, 15) is 4.79 Å². The minimum atomic E-state index is 0.00630. The van der Waals surface area contributed by atoms with Crippen molar-refractivity contribution in [3.63, 3.8) is 0 Å². The summed E-state index contributed by atoms with van der Waals surface area (Å²) in [5, 5.41) is 5.08. The molecule has 0 saturated carbocycles. The molecule has 1 unspecified atom stereocenters. The van der Waals surface area contributed by atoms with Gasteiger partial charge in [0.1, 0.15) is 0 Å². The van der Waals surface area contributed by atoms with Crippen LogP contribution < -0.4 is 0 Å². The van der Waals surface area contributed by atoms with Crippen LogP contribution in [0.5, 0.6) is 0 Å². The molecular formula is C21H22ClN3O. The Morgan fingerprint density at radius 2 is 1.85 bits per heavy atom. The van der Waals surface area contributed by atoms with Gasteiger partial charge in [0, 0.05) is 24.7 Å². The number of halogens is 1. The van der Waals surface area contributed by atoms with Gasteiger partial charge in [-0.3, -0.25) is 4.79 Å². The van der Waals surface area contributed by atoms with Crippen molar-refractivity contribution in [2.24, 2.45) is 0 Å². The van der Waals surface area contributed by atoms with Gasteiger partial charge in [-0.1, -0.05) is 41.9 Å². The molecule has 1 aromatic heterocycles. The Morgan fingerprint density at radius 1 is 1.15 bits per heavy atom. The third kappa shape index (κ3) is 4.33. The van der Waals surface area contributed by atoms with Crippen LogP contribution in [0.25, 0.3) is 5.69 Å². The average Bonchev–Trinajstić information content (AvgIpc) is 3.15. The van der Waals surface area contributed by atoms with Gasteiger partial charge in [-0.2, -0.15) is 5.10 Å². The standard InChI is InChI=1S/C21H22ClN3O/c1-16(18-9-11-19(22)12-10-18)24(2)21(26)13-8-17-14-23-25(15-17)20-6-4-3-5-7-20/h3-7,9-12,14-16H,8,13H2,1-2H3. The molecule has 4 nitrogen and oxygen atoms in total. The summed E-state index contributed by atoms with van der Waals surface area (Å²) < 4.78 is 1.83. The molecule has 3 aromatic rings. The Kier molecular flexibility index (Phi) is 5.74. The van der Waals surface area contributed by atoms with Crippen molar-refractivity contribution in [3.05, 3.63) is 83.1 Å². The van der Waals surface area contributed by atoms with Crippen molar-refractivity contribution < 1.29 is 4.79 Å². The first-order valence-electron chi connectivity index (χ1n) is 8.64. The number of para-hydroxylation sites is 1. The van der Waals surface area contributed by atoms with E-state index in [1.165, 1.54) is 0 Å². The first-order valence-corrected chi connectivity index (χ1v) is 9.02. The lowest BCUT2D eigenvalue weighted by molar-refractivity contribution is -0.131. The van der Waals surface area contributed by atoms with Crippen molar-refractivity contribution in [2.45, 2.75) is 25.8 Å². The number of carbonyl (C=O) groups is 1. The van der Waals surface area contributed by atoms with Gasteiger partial charge in [0.05, 0.1) is 17.9 Å². The Hall–Kier alpha value is -2.59. The molecule has 5 heteroatoms. The number of nitrogens with zero attached hydrogens (tertiary/aromatic N) is 3. The molecule has 0 radical (unpaired) electrons. The lowest BCUT2D eigenvalue weighted by atomic mass is 10.1. The second-order valence-corrected chi connectivity index (χ2v) is 6.80. The summed E-state index contributed by atoms with van der Waals surface area (Å²) in [5.74, 6) is 0.111. The molecule has 1 heterocycles. The molecule has 0 N–H and O–H groups in total. The van der Waals surface area contributed by atoms with Crippen LogP contribution in [-0.2, 0) is 11.2 Å². The maximum atomic E-state index is 12.5. The zero-order valence-corrected chi connectivity index (χ0v) is 15.7. The molecule has 134 valence electrons. The largest absolute Gasteiger partial charge is 0.339 e. The van der Waals surface area contributed by atoms with Crippen molar-refractivity contribution in [2.75, 3.05) is 7.05 Å². The van der Waals surface area contributed by atoms with Gasteiger partial charge in [0.15, 0.2) is 0 Å². The van der Waals surface area contributed by atoms with Gasteiger partial charge in [-0.15, -0.1) is 0 Å². The zero-order chi connectivity index (χ0) is 18.5. The van der Waals surface area contributed by atoms with Crippen LogP contribution in [0.3, 0.4) is 0 Å². The van der Waals surface area contributed by atoms with E-state index in [0.29, 0.717) is 17.9 Å². The van der Waals surface area contributed by atoms with Crippen LogP contribution in [0.2, 0.25) is 5.02 Å². The molecule has 0 aliphatic carbocycles. The van der Waals surface area contributed by atoms with Crippen molar-refractivity contribution in [3.8, 4) is 5.69 Å². The maximum Gasteiger partial charge on any atom is 0.223 e. The molecule has 0 bridgehead atoms. The molecule has 0 aliphatic heterocycles. The zero-order valence-electron chi connectivity index (χ0n) is 15.0. The minimum absolute atomic E-state index is 0.00630. The Balaban J connectivity index is 1.58. The monoisotopic (exact) mass is 367 g/mol. The molecule has 0 fully saturated rings. The topological polar surface area (TPSA) is 38.1 Å². The van der Waals surface area contributed by atoms with Crippen LogP contribution in [0.15, 0.2) is 67.0 Å². The number of hydrogen-bond acceptors (Lipinski definition) is 2. The molecular weight excluding hydrogens is 346 g/mol. The van der Waals surface area contributed by atoms with E-state index in [-0.39, 0.29) is 11.9 Å². The van der Waals surface area contributed by atoms with Crippen LogP contribution in [0, 0.1) is 0 Å². The lowest BCUT2D eigenvalue weighted by Crippen LogP contribution is -2.29. The predicted molar refractivity (Wildman–Crippen MR) is 105 cm³/mol. The molecule has 3 rings (SSSR count). The van der Waals surface area contributed by atoms with Gasteiger partial charge in [0.2, 0.25) is 5.91 Å². The van der Waals surface area contributed by atoms with Gasteiger partial charge in [0.25, 0.3) is 0 Å². The van der Waals surface area contributed by atoms with E-state index in [1.807, 2.05) is 85.6 Å². The highest BCUT2D eigenvalue weighted by molar-refractivity contribution is 6.30. The molecule has 0 aliphatic rings. The summed E-state index contributed by atoms with van der Waals surface area (Å²) >= 11 is 5.93. The fourth-order valence-corrected chi connectivity index (χ4v) is 2.95. The Labute approximate surface area is 159 Å². The molecule has 1 atom stereocenters. The smallest absolute Gasteiger partial charge is 0.223 e. The summed E-state index contributed by atoms with van der Waals surface area (Å²) in [6.45, 7) is 2.02. The first kappa shape index (κ1) is 18.2. The van der Waals surface area contributed by atoms with Crippen LogP contribution in [-0.4, -0.2) is 27.6 Å². The van der Waals surface area contributed by atoms with Gasteiger partial charge < -0.3 is 4.90 Å². The minimum Gasteiger partial charge on any atom is -0.339 e. The lowest BCUT2D eigenvalue weighted by Gasteiger charge is -2.25. The number of amides is 1. The third-order valence-corrected chi connectivity index (χ3v) is 4.86. The molecule has 2 aromatic carbocycles. The maximum absolute atomic E-state index is 12.5. The normalized spacial score (nSPS) is 12.0. The van der Waals surface area contributed by atoms with Crippen LogP contribution in [0.1, 0.15) is 30.5 Å². The van der Waals surface area contributed by atoms with Crippen LogP contribution >= 0.6 is 11.6 Å². The Bertz CT molecular complexity index is 858. The average molecular weight is 368 g/mol. The van der Waals surface area contributed by atoms with E-state index in [4.69, 9.17) is 11.6 Å². The SMILES string of the molecule is CC(c1ccc(Cl)cc1)N(C)C(=O)CCc1cnn(-c2ccccc2)c1. The molecule has 1 amide bonds. The Morgan fingerprint density at radius 3 is 2.54 bits per heavy atom. The summed E-state index contributed by atoms with van der Waals surface area (Å²) in [4.78, 5) is 14.3. The second-order valence-electron chi connectivity index (χ2n) is 6.36. The van der Waals surface area contributed by atoms with E-state index in [1.54, 1.807) is 4.90 Å². The molecule has 26 heavy (non-hydrogen) atoms. The van der Waals surface area contributed by atoms with Gasteiger partial charge in [-0.05, 0) is 48.7 Å². The predicted octanol–water partition coefficient (Wildman–Crippen LogP) is 4.68.